The van der Waals surface area contributed by atoms with Gasteiger partial charge in [-0.15, -0.1) is 0 Å². The van der Waals surface area contributed by atoms with E-state index >= 15 is 0 Å². The van der Waals surface area contributed by atoms with Gasteiger partial charge in [0.1, 0.15) is 0 Å². The molecule has 0 saturated carbocycles. The molecule has 0 aliphatic carbocycles. The first-order valence-electron chi connectivity index (χ1n) is 4.41. The van der Waals surface area contributed by atoms with Crippen LogP contribution in [0, 0.1) is 0 Å². The molecule has 0 radical (unpaired) electrons. The molecule has 4 nitrogen and oxygen atoms in total. The Balaban J connectivity index is 2.77. The fourth-order valence-corrected chi connectivity index (χ4v) is 2.06. The molecule has 0 saturated heterocycles. The van der Waals surface area contributed by atoms with Crippen molar-refractivity contribution in [2.45, 2.75) is 12.2 Å². The average Bonchev–Trinajstić information content (AvgIpc) is 2.05. The molecular formula is C10H13NO3S. The Morgan fingerprint density at radius 2 is 1.67 bits per heavy atom. The van der Waals surface area contributed by atoms with Gasteiger partial charge in [0.2, 0.25) is 5.91 Å². The maximum atomic E-state index is 11.0. The molecule has 0 fully saturated rings. The summed E-state index contributed by atoms with van der Waals surface area (Å²) in [5.41, 5.74) is 6.53. The number of benzene rings is 1. The third-order valence-corrected chi connectivity index (χ3v) is 2.69. The van der Waals surface area contributed by atoms with Crippen molar-refractivity contribution < 1.29 is 13.2 Å². The third-order valence-electron chi connectivity index (χ3n) is 1.83. The van der Waals surface area contributed by atoms with E-state index in [4.69, 9.17) is 5.73 Å². The Kier molecular flexibility index (Phi) is 3.47. The highest BCUT2D eigenvalue weighted by molar-refractivity contribution is 7.89. The van der Waals surface area contributed by atoms with Crippen LogP contribution in [0.15, 0.2) is 24.3 Å². The van der Waals surface area contributed by atoms with E-state index in [1.807, 2.05) is 0 Å². The molecule has 0 spiro atoms. The SMILES string of the molecule is CS(=O)(=O)Cc1ccc(CC(N)=O)cc1. The molecule has 82 valence electrons. The van der Waals surface area contributed by atoms with Gasteiger partial charge in [-0.25, -0.2) is 8.42 Å². The maximum Gasteiger partial charge on any atom is 0.221 e. The Labute approximate surface area is 89.0 Å². The van der Waals surface area contributed by atoms with Gasteiger partial charge in [0.05, 0.1) is 12.2 Å². The molecule has 0 aromatic heterocycles. The summed E-state index contributed by atoms with van der Waals surface area (Å²) in [5, 5.41) is 0. The maximum absolute atomic E-state index is 11.0. The number of carbonyl (C=O) groups is 1. The highest BCUT2D eigenvalue weighted by Crippen LogP contribution is 2.08. The van der Waals surface area contributed by atoms with Gasteiger partial charge in [0.15, 0.2) is 9.84 Å². The first-order chi connectivity index (χ1) is 6.87. The lowest BCUT2D eigenvalue weighted by atomic mass is 10.1. The molecule has 0 atom stereocenters. The molecule has 1 aromatic rings. The van der Waals surface area contributed by atoms with Crippen LogP contribution in [0.5, 0.6) is 0 Å². The summed E-state index contributed by atoms with van der Waals surface area (Å²) in [6, 6.07) is 6.81. The summed E-state index contributed by atoms with van der Waals surface area (Å²) in [4.78, 5) is 10.6. The Morgan fingerprint density at radius 1 is 1.20 bits per heavy atom. The van der Waals surface area contributed by atoms with Crippen LogP contribution in [0.3, 0.4) is 0 Å². The van der Waals surface area contributed by atoms with Crippen molar-refractivity contribution in [2.24, 2.45) is 5.73 Å². The lowest BCUT2D eigenvalue weighted by molar-refractivity contribution is -0.117. The Hall–Kier alpha value is -1.36. The minimum atomic E-state index is -3.00. The van der Waals surface area contributed by atoms with Gasteiger partial charge >= 0.3 is 0 Å². The predicted octanol–water partition coefficient (Wildman–Crippen LogP) is 0.259. The number of amides is 1. The summed E-state index contributed by atoms with van der Waals surface area (Å²) in [5.74, 6) is -0.380. The minimum absolute atomic E-state index is 0.0177. The van der Waals surface area contributed by atoms with Gasteiger partial charge < -0.3 is 5.73 Å². The molecule has 1 aromatic carbocycles. The number of hydrogen-bond donors (Lipinski definition) is 1. The first kappa shape index (κ1) is 11.7. The zero-order valence-corrected chi connectivity index (χ0v) is 9.25. The monoisotopic (exact) mass is 227 g/mol. The zero-order valence-electron chi connectivity index (χ0n) is 8.43. The van der Waals surface area contributed by atoms with Gasteiger partial charge in [-0.3, -0.25) is 4.79 Å². The number of rotatable bonds is 4. The molecule has 0 unspecified atom stereocenters. The van der Waals surface area contributed by atoms with Crippen LogP contribution >= 0.6 is 0 Å². The van der Waals surface area contributed by atoms with Crippen LogP contribution in [-0.2, 0) is 26.8 Å². The first-order valence-corrected chi connectivity index (χ1v) is 6.47. The lowest BCUT2D eigenvalue weighted by Gasteiger charge is -2.01. The van der Waals surface area contributed by atoms with Gasteiger partial charge in [-0.05, 0) is 11.1 Å². The van der Waals surface area contributed by atoms with E-state index in [0.29, 0.717) is 5.56 Å². The van der Waals surface area contributed by atoms with E-state index < -0.39 is 15.7 Å². The molecule has 0 heterocycles. The van der Waals surface area contributed by atoms with Crippen LogP contribution in [0.25, 0.3) is 0 Å². The molecule has 0 aliphatic heterocycles. The quantitative estimate of drug-likeness (QED) is 0.801. The standard InChI is InChI=1S/C10H13NO3S/c1-15(13,14)7-9-4-2-8(3-5-9)6-10(11)12/h2-5H,6-7H2,1H3,(H2,11,12). The summed E-state index contributed by atoms with van der Waals surface area (Å²) >= 11 is 0. The van der Waals surface area contributed by atoms with Crippen LogP contribution in [0.4, 0.5) is 0 Å². The second-order valence-corrected chi connectivity index (χ2v) is 5.67. The van der Waals surface area contributed by atoms with E-state index in [2.05, 4.69) is 0 Å². The van der Waals surface area contributed by atoms with Crippen molar-refractivity contribution in [1.29, 1.82) is 0 Å². The van der Waals surface area contributed by atoms with E-state index in [1.54, 1.807) is 24.3 Å². The number of primary amides is 1. The smallest absolute Gasteiger partial charge is 0.221 e. The second kappa shape index (κ2) is 4.44. The predicted molar refractivity (Wildman–Crippen MR) is 57.9 cm³/mol. The van der Waals surface area contributed by atoms with E-state index in [1.165, 1.54) is 6.26 Å². The minimum Gasteiger partial charge on any atom is -0.369 e. The van der Waals surface area contributed by atoms with Gasteiger partial charge in [0, 0.05) is 6.26 Å². The van der Waals surface area contributed by atoms with Crippen molar-refractivity contribution in [3.8, 4) is 0 Å². The van der Waals surface area contributed by atoms with Gasteiger partial charge in [-0.1, -0.05) is 24.3 Å². The van der Waals surface area contributed by atoms with E-state index in [9.17, 15) is 13.2 Å². The Bertz CT molecular complexity index is 448. The number of sulfone groups is 1. The summed E-state index contributed by atoms with van der Waals surface area (Å²) in [6.07, 6.45) is 1.36. The van der Waals surface area contributed by atoms with Crippen molar-refractivity contribution in [3.05, 3.63) is 35.4 Å². The van der Waals surface area contributed by atoms with Gasteiger partial charge in [0.25, 0.3) is 0 Å². The summed E-state index contributed by atoms with van der Waals surface area (Å²) in [6.45, 7) is 0. The summed E-state index contributed by atoms with van der Waals surface area (Å²) in [7, 11) is -3.00. The van der Waals surface area contributed by atoms with Crippen molar-refractivity contribution in [1.82, 2.24) is 0 Å². The number of carbonyl (C=O) groups excluding carboxylic acids is 1. The molecule has 15 heavy (non-hydrogen) atoms. The largest absolute Gasteiger partial charge is 0.369 e. The second-order valence-electron chi connectivity index (χ2n) is 3.53. The van der Waals surface area contributed by atoms with Crippen molar-refractivity contribution in [2.75, 3.05) is 6.26 Å². The van der Waals surface area contributed by atoms with Crippen LogP contribution in [0.2, 0.25) is 0 Å². The van der Waals surface area contributed by atoms with Gasteiger partial charge in [-0.2, -0.15) is 0 Å². The molecule has 1 rings (SSSR count). The topological polar surface area (TPSA) is 77.2 Å². The fourth-order valence-electron chi connectivity index (χ4n) is 1.26. The molecule has 0 bridgehead atoms. The Morgan fingerprint density at radius 3 is 2.07 bits per heavy atom. The highest BCUT2D eigenvalue weighted by Gasteiger charge is 2.04. The zero-order chi connectivity index (χ0) is 11.5. The van der Waals surface area contributed by atoms with Crippen LogP contribution in [0.1, 0.15) is 11.1 Å². The number of hydrogen-bond acceptors (Lipinski definition) is 3. The molecular weight excluding hydrogens is 214 g/mol. The van der Waals surface area contributed by atoms with Crippen LogP contribution in [-0.4, -0.2) is 20.6 Å². The number of nitrogens with two attached hydrogens (primary N) is 1. The average molecular weight is 227 g/mol. The molecule has 0 aliphatic rings. The summed E-state index contributed by atoms with van der Waals surface area (Å²) < 4.78 is 22.0. The fraction of sp³-hybridized carbons (Fsp3) is 0.300. The van der Waals surface area contributed by atoms with Crippen molar-refractivity contribution >= 4 is 15.7 Å². The normalized spacial score (nSPS) is 11.3. The highest BCUT2D eigenvalue weighted by atomic mass is 32.2. The third kappa shape index (κ3) is 4.60. The van der Waals surface area contributed by atoms with E-state index in [-0.39, 0.29) is 12.2 Å². The van der Waals surface area contributed by atoms with Crippen molar-refractivity contribution in [3.63, 3.8) is 0 Å². The molecule has 1 amide bonds. The molecule has 5 heteroatoms. The van der Waals surface area contributed by atoms with E-state index in [0.717, 1.165) is 5.56 Å². The molecule has 2 N–H and O–H groups in total. The van der Waals surface area contributed by atoms with Crippen LogP contribution < -0.4 is 5.73 Å². The lowest BCUT2D eigenvalue weighted by Crippen LogP contribution is -2.13.